The molecule has 0 saturated carbocycles. The minimum atomic E-state index is -0.744. The first-order chi connectivity index (χ1) is 7.00. The SMILES string of the molecule is Cc1cc(Cl)cc(CCCC(=O)O)c1C. The summed E-state index contributed by atoms with van der Waals surface area (Å²) in [7, 11) is 0. The van der Waals surface area contributed by atoms with Crippen LogP contribution in [0.15, 0.2) is 12.1 Å². The van der Waals surface area contributed by atoms with Crippen LogP contribution in [0.3, 0.4) is 0 Å². The molecule has 1 N–H and O–H groups in total. The van der Waals surface area contributed by atoms with Crippen LogP contribution in [-0.4, -0.2) is 11.1 Å². The van der Waals surface area contributed by atoms with E-state index in [0.717, 1.165) is 22.6 Å². The van der Waals surface area contributed by atoms with E-state index in [-0.39, 0.29) is 6.42 Å². The van der Waals surface area contributed by atoms with E-state index in [1.165, 1.54) is 5.56 Å². The van der Waals surface area contributed by atoms with Crippen LogP contribution in [0.25, 0.3) is 0 Å². The summed E-state index contributed by atoms with van der Waals surface area (Å²) in [6, 6.07) is 3.85. The second-order valence-corrected chi connectivity index (χ2v) is 4.19. The van der Waals surface area contributed by atoms with Gasteiger partial charge < -0.3 is 5.11 Å². The third kappa shape index (κ3) is 3.56. The molecule has 0 amide bonds. The van der Waals surface area contributed by atoms with Crippen LogP contribution >= 0.6 is 11.6 Å². The molecule has 0 bridgehead atoms. The standard InChI is InChI=1S/C12H15ClO2/c1-8-6-11(13)7-10(9(8)2)4-3-5-12(14)15/h6-7H,3-5H2,1-2H3,(H,14,15). The zero-order valence-corrected chi connectivity index (χ0v) is 9.77. The van der Waals surface area contributed by atoms with E-state index in [1.54, 1.807) is 0 Å². The van der Waals surface area contributed by atoms with Crippen LogP contribution < -0.4 is 0 Å². The van der Waals surface area contributed by atoms with E-state index >= 15 is 0 Å². The average Bonchev–Trinajstić information content (AvgIpc) is 2.12. The maximum Gasteiger partial charge on any atom is 0.303 e. The number of carboxylic acids is 1. The largest absolute Gasteiger partial charge is 0.481 e. The van der Waals surface area contributed by atoms with Crippen LogP contribution in [0.2, 0.25) is 5.02 Å². The molecule has 0 saturated heterocycles. The second kappa shape index (κ2) is 5.17. The lowest BCUT2D eigenvalue weighted by molar-refractivity contribution is -0.137. The summed E-state index contributed by atoms with van der Waals surface area (Å²) in [5.74, 6) is -0.744. The fourth-order valence-electron chi connectivity index (χ4n) is 1.57. The molecule has 1 aromatic carbocycles. The van der Waals surface area contributed by atoms with Crippen molar-refractivity contribution < 1.29 is 9.90 Å². The van der Waals surface area contributed by atoms with Gasteiger partial charge >= 0.3 is 5.97 Å². The highest BCUT2D eigenvalue weighted by atomic mass is 35.5. The zero-order valence-electron chi connectivity index (χ0n) is 9.01. The van der Waals surface area contributed by atoms with Gasteiger partial charge in [-0.2, -0.15) is 0 Å². The Morgan fingerprint density at radius 2 is 2.07 bits per heavy atom. The van der Waals surface area contributed by atoms with Crippen molar-refractivity contribution in [3.8, 4) is 0 Å². The van der Waals surface area contributed by atoms with Gasteiger partial charge in [0.25, 0.3) is 0 Å². The van der Waals surface area contributed by atoms with Crippen molar-refractivity contribution in [1.29, 1.82) is 0 Å². The molecule has 0 radical (unpaired) electrons. The highest BCUT2D eigenvalue weighted by molar-refractivity contribution is 6.30. The minimum absolute atomic E-state index is 0.213. The van der Waals surface area contributed by atoms with Crippen LogP contribution in [0, 0.1) is 13.8 Å². The molecule has 0 atom stereocenters. The van der Waals surface area contributed by atoms with Crippen molar-refractivity contribution in [2.75, 3.05) is 0 Å². The fraction of sp³-hybridized carbons (Fsp3) is 0.417. The molecule has 0 unspecified atom stereocenters. The van der Waals surface area contributed by atoms with Crippen LogP contribution in [0.5, 0.6) is 0 Å². The Balaban J connectivity index is 2.72. The molecular formula is C12H15ClO2. The van der Waals surface area contributed by atoms with Gasteiger partial charge in [-0.05, 0) is 55.5 Å². The van der Waals surface area contributed by atoms with Gasteiger partial charge in [0.2, 0.25) is 0 Å². The smallest absolute Gasteiger partial charge is 0.303 e. The maximum absolute atomic E-state index is 10.4. The van der Waals surface area contributed by atoms with E-state index in [2.05, 4.69) is 0 Å². The molecule has 0 aliphatic carbocycles. The number of aliphatic carboxylic acids is 1. The number of carboxylic acid groups (broad SMARTS) is 1. The molecule has 0 aliphatic heterocycles. The molecule has 15 heavy (non-hydrogen) atoms. The summed E-state index contributed by atoms with van der Waals surface area (Å²) < 4.78 is 0. The molecule has 0 aromatic heterocycles. The Hall–Kier alpha value is -1.02. The Bertz CT molecular complexity index is 372. The first-order valence-corrected chi connectivity index (χ1v) is 5.36. The Morgan fingerprint density at radius 1 is 1.40 bits per heavy atom. The third-order valence-electron chi connectivity index (χ3n) is 2.58. The van der Waals surface area contributed by atoms with Gasteiger partial charge in [-0.25, -0.2) is 0 Å². The molecule has 1 aromatic rings. The number of halogens is 1. The van der Waals surface area contributed by atoms with Crippen molar-refractivity contribution in [3.05, 3.63) is 33.8 Å². The van der Waals surface area contributed by atoms with Gasteiger partial charge in [0, 0.05) is 11.4 Å². The molecule has 2 nitrogen and oxygen atoms in total. The van der Waals surface area contributed by atoms with E-state index < -0.39 is 5.97 Å². The lowest BCUT2D eigenvalue weighted by Gasteiger charge is -2.08. The third-order valence-corrected chi connectivity index (χ3v) is 2.79. The van der Waals surface area contributed by atoms with Crippen molar-refractivity contribution in [1.82, 2.24) is 0 Å². The molecule has 0 spiro atoms. The molecule has 0 fully saturated rings. The number of hydrogen-bond acceptors (Lipinski definition) is 1. The van der Waals surface area contributed by atoms with Gasteiger partial charge in [0.1, 0.15) is 0 Å². The number of rotatable bonds is 4. The number of benzene rings is 1. The highest BCUT2D eigenvalue weighted by Crippen LogP contribution is 2.21. The molecule has 0 aliphatic rings. The van der Waals surface area contributed by atoms with Gasteiger partial charge in [-0.1, -0.05) is 11.6 Å². The number of hydrogen-bond donors (Lipinski definition) is 1. The summed E-state index contributed by atoms with van der Waals surface area (Å²) in [6.45, 7) is 4.06. The van der Waals surface area contributed by atoms with Crippen LogP contribution in [0.4, 0.5) is 0 Å². The van der Waals surface area contributed by atoms with E-state index in [9.17, 15) is 4.79 Å². The van der Waals surface area contributed by atoms with Gasteiger partial charge in [0.05, 0.1) is 0 Å². The van der Waals surface area contributed by atoms with Gasteiger partial charge in [0.15, 0.2) is 0 Å². The van der Waals surface area contributed by atoms with Crippen LogP contribution in [-0.2, 0) is 11.2 Å². The zero-order chi connectivity index (χ0) is 11.4. The average molecular weight is 227 g/mol. The van der Waals surface area contributed by atoms with E-state index in [4.69, 9.17) is 16.7 Å². The maximum atomic E-state index is 10.4. The molecule has 82 valence electrons. The van der Waals surface area contributed by atoms with Gasteiger partial charge in [-0.3, -0.25) is 4.79 Å². The summed E-state index contributed by atoms with van der Waals surface area (Å²) in [6.07, 6.45) is 1.65. The second-order valence-electron chi connectivity index (χ2n) is 3.75. The summed E-state index contributed by atoms with van der Waals surface area (Å²) in [5.41, 5.74) is 3.53. The first kappa shape index (κ1) is 12.1. The van der Waals surface area contributed by atoms with Crippen molar-refractivity contribution >= 4 is 17.6 Å². The summed E-state index contributed by atoms with van der Waals surface area (Å²) in [5, 5.41) is 9.27. The van der Waals surface area contributed by atoms with Crippen LogP contribution in [0.1, 0.15) is 29.5 Å². The number of carbonyl (C=O) groups is 1. The van der Waals surface area contributed by atoms with Crippen molar-refractivity contribution in [2.24, 2.45) is 0 Å². The highest BCUT2D eigenvalue weighted by Gasteiger charge is 2.04. The Labute approximate surface area is 94.9 Å². The quantitative estimate of drug-likeness (QED) is 0.855. The monoisotopic (exact) mass is 226 g/mol. The topological polar surface area (TPSA) is 37.3 Å². The van der Waals surface area contributed by atoms with E-state index in [1.807, 2.05) is 26.0 Å². The predicted molar refractivity (Wildman–Crippen MR) is 61.5 cm³/mol. The molecule has 0 heterocycles. The molecule has 1 rings (SSSR count). The normalized spacial score (nSPS) is 10.3. The fourth-order valence-corrected chi connectivity index (χ4v) is 1.87. The number of aryl methyl sites for hydroxylation is 2. The lowest BCUT2D eigenvalue weighted by atomic mass is 9.99. The Kier molecular flexibility index (Phi) is 4.15. The summed E-state index contributed by atoms with van der Waals surface area (Å²) >= 11 is 5.95. The van der Waals surface area contributed by atoms with Crippen molar-refractivity contribution in [2.45, 2.75) is 33.1 Å². The predicted octanol–water partition coefficient (Wildman–Crippen LogP) is 3.36. The molecule has 3 heteroatoms. The molecular weight excluding hydrogens is 212 g/mol. The van der Waals surface area contributed by atoms with E-state index in [0.29, 0.717) is 6.42 Å². The summed E-state index contributed by atoms with van der Waals surface area (Å²) in [4.78, 5) is 10.4. The van der Waals surface area contributed by atoms with Crippen molar-refractivity contribution in [3.63, 3.8) is 0 Å². The Morgan fingerprint density at radius 3 is 2.67 bits per heavy atom. The lowest BCUT2D eigenvalue weighted by Crippen LogP contribution is -1.98. The minimum Gasteiger partial charge on any atom is -0.481 e. The first-order valence-electron chi connectivity index (χ1n) is 4.98. The van der Waals surface area contributed by atoms with Gasteiger partial charge in [-0.15, -0.1) is 0 Å².